The normalized spacial score (nSPS) is 15.6. The first-order chi connectivity index (χ1) is 5.75. The maximum atomic E-state index is 4.20. The third-order valence-corrected chi connectivity index (χ3v) is 2.28. The van der Waals surface area contributed by atoms with Gasteiger partial charge in [-0.05, 0) is 20.0 Å². The molecule has 0 bridgehead atoms. The van der Waals surface area contributed by atoms with Crippen molar-refractivity contribution in [3.63, 3.8) is 0 Å². The Bertz CT molecular complexity index is 222. The first-order valence-corrected chi connectivity index (χ1v) is 4.19. The fraction of sp³-hybridized carbons (Fsp3) is 0.556. The average Bonchev–Trinajstić information content (AvgIpc) is 2.17. The molecule has 3 heteroatoms. The zero-order valence-corrected chi connectivity index (χ0v) is 7.78. The minimum Gasteiger partial charge on any atom is -0.317 e. The first kappa shape index (κ1) is 9.13. The lowest BCUT2D eigenvalue weighted by atomic mass is 10.00. The summed E-state index contributed by atoms with van der Waals surface area (Å²) >= 11 is 0. The molecule has 0 radical (unpaired) electrons. The molecule has 0 saturated heterocycles. The molecular weight excluding hydrogens is 150 g/mol. The van der Waals surface area contributed by atoms with Crippen molar-refractivity contribution in [2.45, 2.75) is 25.8 Å². The predicted molar refractivity (Wildman–Crippen MR) is 49.0 cm³/mol. The quantitative estimate of drug-likeness (QED) is 0.731. The fourth-order valence-electron chi connectivity index (χ4n) is 1.08. The summed E-state index contributed by atoms with van der Waals surface area (Å²) in [7, 11) is 1.96. The van der Waals surface area contributed by atoms with Crippen molar-refractivity contribution in [2.24, 2.45) is 0 Å². The summed E-state index contributed by atoms with van der Waals surface area (Å²) in [5.74, 6) is 0.429. The predicted octanol–water partition coefficient (Wildman–Crippen LogP) is 1.19. The highest BCUT2D eigenvalue weighted by atomic mass is 14.9. The highest BCUT2D eigenvalue weighted by Gasteiger charge is 2.12. The summed E-state index contributed by atoms with van der Waals surface area (Å²) in [5, 5.41) is 3.20. The van der Waals surface area contributed by atoms with Gasteiger partial charge < -0.3 is 5.32 Å². The van der Waals surface area contributed by atoms with E-state index in [-0.39, 0.29) is 0 Å². The second-order valence-corrected chi connectivity index (χ2v) is 3.00. The zero-order valence-electron chi connectivity index (χ0n) is 7.78. The van der Waals surface area contributed by atoms with Gasteiger partial charge in [-0.3, -0.25) is 0 Å². The van der Waals surface area contributed by atoms with Gasteiger partial charge in [0.2, 0.25) is 0 Å². The summed E-state index contributed by atoms with van der Waals surface area (Å²) in [4.78, 5) is 8.08. The third kappa shape index (κ3) is 2.01. The molecule has 0 saturated carbocycles. The molecular formula is C9H15N3. The van der Waals surface area contributed by atoms with Crippen molar-refractivity contribution in [1.29, 1.82) is 0 Å². The lowest BCUT2D eigenvalue weighted by molar-refractivity contribution is 0.514. The van der Waals surface area contributed by atoms with E-state index in [9.17, 15) is 0 Å². The molecule has 0 spiro atoms. The molecule has 1 heterocycles. The summed E-state index contributed by atoms with van der Waals surface area (Å²) in [5.41, 5.74) is 1.09. The van der Waals surface area contributed by atoms with Gasteiger partial charge in [-0.25, -0.2) is 9.97 Å². The molecule has 0 aromatic carbocycles. The van der Waals surface area contributed by atoms with Gasteiger partial charge in [0.15, 0.2) is 0 Å². The molecule has 0 amide bonds. The lowest BCUT2D eigenvalue weighted by Gasteiger charge is -2.17. The van der Waals surface area contributed by atoms with Crippen molar-refractivity contribution in [2.75, 3.05) is 7.05 Å². The molecule has 0 fully saturated rings. The van der Waals surface area contributed by atoms with Crippen LogP contribution in [0.5, 0.6) is 0 Å². The average molecular weight is 165 g/mol. The third-order valence-electron chi connectivity index (χ3n) is 2.28. The van der Waals surface area contributed by atoms with Crippen LogP contribution < -0.4 is 5.32 Å². The number of hydrogen-bond donors (Lipinski definition) is 1. The Morgan fingerprint density at radius 1 is 1.42 bits per heavy atom. The molecule has 0 aliphatic rings. The molecule has 1 rings (SSSR count). The molecule has 0 aliphatic carbocycles. The van der Waals surface area contributed by atoms with Crippen LogP contribution in [0.3, 0.4) is 0 Å². The zero-order chi connectivity index (χ0) is 8.97. The van der Waals surface area contributed by atoms with Gasteiger partial charge in [-0.2, -0.15) is 0 Å². The number of likely N-dealkylation sites (N-methyl/N-ethyl adjacent to an activating group) is 1. The molecule has 2 unspecified atom stereocenters. The van der Waals surface area contributed by atoms with Crippen LogP contribution in [0, 0.1) is 0 Å². The Balaban J connectivity index is 2.71. The second-order valence-electron chi connectivity index (χ2n) is 3.00. The van der Waals surface area contributed by atoms with Gasteiger partial charge in [-0.15, -0.1) is 0 Å². The van der Waals surface area contributed by atoms with Crippen LogP contribution in [0.25, 0.3) is 0 Å². The molecule has 2 atom stereocenters. The minimum absolute atomic E-state index is 0.429. The molecule has 1 N–H and O–H groups in total. The molecule has 1 aromatic rings. The molecule has 1 aromatic heterocycles. The van der Waals surface area contributed by atoms with Gasteiger partial charge in [0.25, 0.3) is 0 Å². The number of hydrogen-bond acceptors (Lipinski definition) is 3. The van der Waals surface area contributed by atoms with Gasteiger partial charge in [0.1, 0.15) is 6.33 Å². The lowest BCUT2D eigenvalue weighted by Crippen LogP contribution is -2.27. The van der Waals surface area contributed by atoms with Crippen molar-refractivity contribution < 1.29 is 0 Å². The number of aromatic nitrogens is 2. The van der Waals surface area contributed by atoms with E-state index >= 15 is 0 Å². The van der Waals surface area contributed by atoms with Crippen LogP contribution >= 0.6 is 0 Å². The van der Waals surface area contributed by atoms with Gasteiger partial charge in [0, 0.05) is 23.9 Å². The SMILES string of the molecule is CNC(C)C(C)c1ccncn1. The van der Waals surface area contributed by atoms with E-state index in [1.807, 2.05) is 13.1 Å². The van der Waals surface area contributed by atoms with Gasteiger partial charge in [-0.1, -0.05) is 6.92 Å². The maximum Gasteiger partial charge on any atom is 0.115 e. The monoisotopic (exact) mass is 165 g/mol. The fourth-order valence-corrected chi connectivity index (χ4v) is 1.08. The van der Waals surface area contributed by atoms with Gasteiger partial charge >= 0.3 is 0 Å². The Kier molecular flexibility index (Phi) is 3.17. The Morgan fingerprint density at radius 2 is 2.17 bits per heavy atom. The van der Waals surface area contributed by atoms with Crippen LogP contribution in [0.2, 0.25) is 0 Å². The summed E-state index contributed by atoms with van der Waals surface area (Å²) in [6.07, 6.45) is 3.37. The van der Waals surface area contributed by atoms with E-state index in [1.165, 1.54) is 0 Å². The molecule has 0 aliphatic heterocycles. The minimum atomic E-state index is 0.429. The Labute approximate surface area is 73.2 Å². The van der Waals surface area contributed by atoms with Crippen molar-refractivity contribution in [3.05, 3.63) is 24.3 Å². The number of nitrogens with one attached hydrogen (secondary N) is 1. The van der Waals surface area contributed by atoms with Crippen LogP contribution in [-0.2, 0) is 0 Å². The van der Waals surface area contributed by atoms with Crippen LogP contribution in [0.1, 0.15) is 25.5 Å². The van der Waals surface area contributed by atoms with Crippen molar-refractivity contribution >= 4 is 0 Å². The molecule has 12 heavy (non-hydrogen) atoms. The van der Waals surface area contributed by atoms with Crippen molar-refractivity contribution in [3.8, 4) is 0 Å². The highest BCUT2D eigenvalue weighted by molar-refractivity contribution is 5.06. The molecule has 3 nitrogen and oxygen atoms in total. The first-order valence-electron chi connectivity index (χ1n) is 4.19. The second kappa shape index (κ2) is 4.16. The van der Waals surface area contributed by atoms with E-state index in [0.717, 1.165) is 5.69 Å². The summed E-state index contributed by atoms with van der Waals surface area (Å²) < 4.78 is 0. The van der Waals surface area contributed by atoms with E-state index in [1.54, 1.807) is 12.5 Å². The van der Waals surface area contributed by atoms with Gasteiger partial charge in [0.05, 0.1) is 0 Å². The summed E-state index contributed by atoms with van der Waals surface area (Å²) in [6.45, 7) is 4.30. The van der Waals surface area contributed by atoms with E-state index in [0.29, 0.717) is 12.0 Å². The highest BCUT2D eigenvalue weighted by Crippen LogP contribution is 2.14. The van der Waals surface area contributed by atoms with Crippen molar-refractivity contribution in [1.82, 2.24) is 15.3 Å². The largest absolute Gasteiger partial charge is 0.317 e. The van der Waals surface area contributed by atoms with Crippen LogP contribution in [-0.4, -0.2) is 23.1 Å². The standard InChI is InChI=1S/C9H15N3/c1-7(8(2)10-3)9-4-5-11-6-12-9/h4-8,10H,1-3H3. The molecule has 66 valence electrons. The van der Waals surface area contributed by atoms with E-state index < -0.39 is 0 Å². The van der Waals surface area contributed by atoms with E-state index in [4.69, 9.17) is 0 Å². The maximum absolute atomic E-state index is 4.20. The number of nitrogens with zero attached hydrogens (tertiary/aromatic N) is 2. The Hall–Kier alpha value is -0.960. The Morgan fingerprint density at radius 3 is 2.67 bits per heavy atom. The topological polar surface area (TPSA) is 37.8 Å². The summed E-state index contributed by atoms with van der Waals surface area (Å²) in [6, 6.07) is 2.40. The van der Waals surface area contributed by atoms with E-state index in [2.05, 4.69) is 29.1 Å². The number of rotatable bonds is 3. The van der Waals surface area contributed by atoms with Crippen LogP contribution in [0.15, 0.2) is 18.6 Å². The van der Waals surface area contributed by atoms with Crippen LogP contribution in [0.4, 0.5) is 0 Å². The smallest absolute Gasteiger partial charge is 0.115 e.